The van der Waals surface area contributed by atoms with Crippen molar-refractivity contribution in [3.05, 3.63) is 148 Å². The van der Waals surface area contributed by atoms with Gasteiger partial charge in [-0.15, -0.1) is 11.3 Å². The molecule has 1 N–H and O–H groups in total. The number of para-hydroxylation sites is 1. The highest BCUT2D eigenvalue weighted by Crippen LogP contribution is 2.30. The Kier molecular flexibility index (Phi) is 8.55. The fourth-order valence-corrected chi connectivity index (χ4v) is 6.19. The second-order valence-corrected chi connectivity index (χ2v) is 11.8. The summed E-state index contributed by atoms with van der Waals surface area (Å²) in [6.45, 7) is 1.88. The Morgan fingerprint density at radius 3 is 2.24 bits per heavy atom. The van der Waals surface area contributed by atoms with Crippen LogP contribution in [0.3, 0.4) is 0 Å². The zero-order chi connectivity index (χ0) is 31.3. The predicted molar refractivity (Wildman–Crippen MR) is 177 cm³/mol. The molecule has 0 bridgehead atoms. The van der Waals surface area contributed by atoms with Crippen LogP contribution >= 0.6 is 11.3 Å². The number of fused-ring (bicyclic) bond motifs is 2. The lowest BCUT2D eigenvalue weighted by atomic mass is 10.2. The zero-order valence-electron chi connectivity index (χ0n) is 24.7. The van der Waals surface area contributed by atoms with Gasteiger partial charge in [0.15, 0.2) is 0 Å². The lowest BCUT2D eigenvalue weighted by Crippen LogP contribution is -2.24. The molecular formula is C36H29N5O4S. The summed E-state index contributed by atoms with van der Waals surface area (Å²) in [7, 11) is 0. The van der Waals surface area contributed by atoms with Gasteiger partial charge in [0, 0.05) is 37.3 Å². The Hall–Kier alpha value is -5.29. The van der Waals surface area contributed by atoms with Gasteiger partial charge >= 0.3 is 5.63 Å². The van der Waals surface area contributed by atoms with Crippen LogP contribution in [0.4, 0.5) is 0 Å². The van der Waals surface area contributed by atoms with Crippen molar-refractivity contribution in [3.8, 4) is 16.3 Å². The summed E-state index contributed by atoms with van der Waals surface area (Å²) in [6, 6.07) is 32.5. The van der Waals surface area contributed by atoms with Crippen LogP contribution in [-0.4, -0.2) is 29.9 Å². The molecule has 0 aliphatic rings. The molecule has 0 saturated heterocycles. The number of rotatable bonds is 11. The van der Waals surface area contributed by atoms with Crippen molar-refractivity contribution in [2.24, 2.45) is 0 Å². The normalized spacial score (nSPS) is 11.4. The fraction of sp³-hybridized carbons (Fsp3) is 0.139. The van der Waals surface area contributed by atoms with Crippen LogP contribution in [0.25, 0.3) is 31.8 Å². The molecule has 0 spiro atoms. The Bertz CT molecular complexity index is 2150. The minimum Gasteiger partial charge on any atom is -0.487 e. The molecule has 2 aromatic carbocycles. The number of pyridine rings is 3. The third-order valence-electron chi connectivity index (χ3n) is 7.39. The van der Waals surface area contributed by atoms with E-state index in [-0.39, 0.29) is 13.2 Å². The van der Waals surface area contributed by atoms with Crippen molar-refractivity contribution in [2.75, 3.05) is 0 Å². The summed E-state index contributed by atoms with van der Waals surface area (Å²) in [5.41, 5.74) is 5.38. The molecule has 228 valence electrons. The SMILES string of the molecule is O=c1oc2cc(OCc3cccc(CN(Cc4ccccn4)Cc4cccc(CO)n4)n3)ccc2cc1-c1nc2ccccc2s1. The number of hydrogen-bond acceptors (Lipinski definition) is 10. The summed E-state index contributed by atoms with van der Waals surface area (Å²) in [4.78, 5) is 33.7. The molecule has 0 aliphatic heterocycles. The molecule has 0 radical (unpaired) electrons. The van der Waals surface area contributed by atoms with E-state index in [1.807, 2.05) is 97.1 Å². The van der Waals surface area contributed by atoms with Crippen molar-refractivity contribution in [2.45, 2.75) is 32.8 Å². The molecule has 9 nitrogen and oxygen atoms in total. The van der Waals surface area contributed by atoms with Gasteiger partial charge in [-0.25, -0.2) is 9.78 Å². The van der Waals surface area contributed by atoms with E-state index in [1.165, 1.54) is 11.3 Å². The molecule has 7 rings (SSSR count). The lowest BCUT2D eigenvalue weighted by Gasteiger charge is -2.22. The van der Waals surface area contributed by atoms with Crippen LogP contribution in [0.2, 0.25) is 0 Å². The molecule has 0 atom stereocenters. The van der Waals surface area contributed by atoms with Crippen molar-refractivity contribution in [1.29, 1.82) is 0 Å². The summed E-state index contributed by atoms with van der Waals surface area (Å²) >= 11 is 1.47. The number of nitrogens with zero attached hydrogens (tertiary/aromatic N) is 5. The van der Waals surface area contributed by atoms with E-state index < -0.39 is 5.63 Å². The Labute approximate surface area is 268 Å². The number of hydrogen-bond donors (Lipinski definition) is 1. The van der Waals surface area contributed by atoms with Crippen LogP contribution in [0.15, 0.2) is 119 Å². The Morgan fingerprint density at radius 2 is 1.46 bits per heavy atom. The van der Waals surface area contributed by atoms with Crippen molar-refractivity contribution in [1.82, 2.24) is 24.8 Å². The molecule has 0 unspecified atom stereocenters. The average molecular weight is 628 g/mol. The molecule has 5 heterocycles. The predicted octanol–water partition coefficient (Wildman–Crippen LogP) is 6.53. The number of ether oxygens (including phenoxy) is 1. The van der Waals surface area contributed by atoms with Gasteiger partial charge in [-0.3, -0.25) is 19.9 Å². The summed E-state index contributed by atoms with van der Waals surface area (Å²) < 4.78 is 12.8. The third kappa shape index (κ3) is 6.84. The van der Waals surface area contributed by atoms with E-state index in [1.54, 1.807) is 12.3 Å². The van der Waals surface area contributed by atoms with E-state index in [9.17, 15) is 9.90 Å². The van der Waals surface area contributed by atoms with Gasteiger partial charge in [0.2, 0.25) is 0 Å². The van der Waals surface area contributed by atoms with Gasteiger partial charge in [-0.05, 0) is 66.7 Å². The van der Waals surface area contributed by atoms with Crippen molar-refractivity contribution < 1.29 is 14.3 Å². The van der Waals surface area contributed by atoms with Gasteiger partial charge < -0.3 is 14.3 Å². The van der Waals surface area contributed by atoms with Crippen LogP contribution < -0.4 is 10.4 Å². The van der Waals surface area contributed by atoms with E-state index in [2.05, 4.69) is 19.9 Å². The van der Waals surface area contributed by atoms with Crippen LogP contribution in [0.1, 0.15) is 28.5 Å². The Balaban J connectivity index is 1.06. The first kappa shape index (κ1) is 29.4. The maximum Gasteiger partial charge on any atom is 0.346 e. The van der Waals surface area contributed by atoms with Gasteiger partial charge in [0.25, 0.3) is 0 Å². The second-order valence-electron chi connectivity index (χ2n) is 10.8. The number of aliphatic hydroxyl groups excluding tert-OH is 1. The van der Waals surface area contributed by atoms with Crippen LogP contribution in [0.5, 0.6) is 5.75 Å². The number of benzene rings is 2. The minimum absolute atomic E-state index is 0.105. The van der Waals surface area contributed by atoms with E-state index in [0.717, 1.165) is 38.4 Å². The smallest absolute Gasteiger partial charge is 0.346 e. The number of aromatic nitrogens is 4. The van der Waals surface area contributed by atoms with Gasteiger partial charge in [-0.1, -0.05) is 30.3 Å². The second kappa shape index (κ2) is 13.4. The maximum absolute atomic E-state index is 12.9. The molecular weight excluding hydrogens is 598 g/mol. The molecule has 7 aromatic rings. The summed E-state index contributed by atoms with van der Waals surface area (Å²) in [5, 5.41) is 11.0. The molecule has 10 heteroatoms. The topological polar surface area (TPSA) is 114 Å². The number of aliphatic hydroxyl groups is 1. The van der Waals surface area contributed by atoms with Gasteiger partial charge in [0.1, 0.15) is 22.9 Å². The Morgan fingerprint density at radius 1 is 0.739 bits per heavy atom. The van der Waals surface area contributed by atoms with Crippen LogP contribution in [-0.2, 0) is 32.8 Å². The van der Waals surface area contributed by atoms with Gasteiger partial charge in [0.05, 0.1) is 50.9 Å². The fourth-order valence-electron chi connectivity index (χ4n) is 5.22. The molecule has 46 heavy (non-hydrogen) atoms. The van der Waals surface area contributed by atoms with Crippen LogP contribution in [0, 0.1) is 0 Å². The highest BCUT2D eigenvalue weighted by molar-refractivity contribution is 7.21. The van der Waals surface area contributed by atoms with E-state index in [0.29, 0.717) is 47.2 Å². The van der Waals surface area contributed by atoms with Gasteiger partial charge in [-0.2, -0.15) is 0 Å². The molecule has 0 fully saturated rings. The molecule has 0 aliphatic carbocycles. The largest absolute Gasteiger partial charge is 0.487 e. The minimum atomic E-state index is -0.438. The summed E-state index contributed by atoms with van der Waals surface area (Å²) in [5.74, 6) is 0.571. The first-order chi connectivity index (χ1) is 22.6. The highest BCUT2D eigenvalue weighted by atomic mass is 32.1. The number of thiazole rings is 1. The average Bonchev–Trinajstić information content (AvgIpc) is 3.52. The molecule has 0 amide bonds. The highest BCUT2D eigenvalue weighted by Gasteiger charge is 2.15. The first-order valence-electron chi connectivity index (χ1n) is 14.8. The van der Waals surface area contributed by atoms with Crippen molar-refractivity contribution in [3.63, 3.8) is 0 Å². The standard InChI is InChI=1S/C36H29N5O4S/c42-22-28-10-5-8-26(38-28)20-41(19-25-7-3-4-16-37-25)21-27-9-6-11-29(39-27)23-44-30-15-14-24-17-31(36(43)45-33(24)18-30)35-40-32-12-1-2-13-34(32)46-35/h1-18,42H,19-23H2. The maximum atomic E-state index is 12.9. The van der Waals surface area contributed by atoms with E-state index in [4.69, 9.17) is 14.1 Å². The van der Waals surface area contributed by atoms with E-state index >= 15 is 0 Å². The zero-order valence-corrected chi connectivity index (χ0v) is 25.6. The quantitative estimate of drug-likeness (QED) is 0.160. The molecule has 5 aromatic heterocycles. The van der Waals surface area contributed by atoms with Crippen molar-refractivity contribution >= 4 is 32.5 Å². The third-order valence-corrected chi connectivity index (χ3v) is 8.46. The monoisotopic (exact) mass is 627 g/mol. The summed E-state index contributed by atoms with van der Waals surface area (Å²) in [6.07, 6.45) is 1.79. The lowest BCUT2D eigenvalue weighted by molar-refractivity contribution is 0.236. The molecule has 0 saturated carbocycles. The first-order valence-corrected chi connectivity index (χ1v) is 15.6.